The predicted octanol–water partition coefficient (Wildman–Crippen LogP) is 4.34. The summed E-state index contributed by atoms with van der Waals surface area (Å²) in [6, 6.07) is 24.1. The summed E-state index contributed by atoms with van der Waals surface area (Å²) in [6.07, 6.45) is 1.93. The number of carbonyl (C=O) groups is 1. The monoisotopic (exact) mass is 371 g/mol. The topological polar surface area (TPSA) is 55.6 Å². The highest BCUT2D eigenvalue weighted by Crippen LogP contribution is 2.28. The molecule has 1 heterocycles. The molecule has 4 aromatic rings. The predicted molar refractivity (Wildman–Crippen MR) is 113 cm³/mol. The maximum absolute atomic E-state index is 12.3. The molecule has 0 fully saturated rings. The van der Waals surface area contributed by atoms with Gasteiger partial charge in [0.15, 0.2) is 0 Å². The largest absolute Gasteiger partial charge is 0.496 e. The Kier molecular flexibility index (Phi) is 5.06. The number of ether oxygens (including phenoxy) is 1. The number of hydrogen-bond acceptors (Lipinski definition) is 3. The zero-order valence-corrected chi connectivity index (χ0v) is 15.6. The normalized spacial score (nSPS) is 11.3. The lowest BCUT2D eigenvalue weighted by Gasteiger charge is -2.07. The first-order chi connectivity index (χ1) is 13.8. The van der Waals surface area contributed by atoms with Crippen LogP contribution in [0.4, 0.5) is 0 Å². The van der Waals surface area contributed by atoms with Crippen LogP contribution in [0.2, 0.25) is 0 Å². The number of amides is 1. The number of rotatable bonds is 6. The van der Waals surface area contributed by atoms with Gasteiger partial charge in [0.25, 0.3) is 0 Å². The van der Waals surface area contributed by atoms with Gasteiger partial charge in [0.1, 0.15) is 5.75 Å². The molecule has 1 amide bonds. The van der Waals surface area contributed by atoms with Crippen LogP contribution >= 0.6 is 0 Å². The van der Waals surface area contributed by atoms with Crippen molar-refractivity contribution in [2.45, 2.75) is 13.0 Å². The van der Waals surface area contributed by atoms with Crippen molar-refractivity contribution in [3.8, 4) is 5.75 Å². The third-order valence-electron chi connectivity index (χ3n) is 4.77. The Labute approximate surface area is 163 Å². The summed E-state index contributed by atoms with van der Waals surface area (Å²) >= 11 is 0. The minimum atomic E-state index is -0.131. The number of carbonyl (C=O) groups excluding carboxylic acids is 1. The number of hydrogen-bond donors (Lipinski definition) is 1. The Balaban J connectivity index is 1.47. The van der Waals surface area contributed by atoms with E-state index >= 15 is 0 Å². The molecule has 1 N–H and O–H groups in total. The molecule has 5 nitrogen and oxygen atoms in total. The lowest BCUT2D eigenvalue weighted by molar-refractivity contribution is -0.121. The third-order valence-corrected chi connectivity index (χ3v) is 4.77. The first kappa shape index (κ1) is 17.8. The van der Waals surface area contributed by atoms with E-state index in [1.807, 2.05) is 48.5 Å². The first-order valence-corrected chi connectivity index (χ1v) is 9.19. The van der Waals surface area contributed by atoms with Gasteiger partial charge in [0, 0.05) is 40.3 Å². The van der Waals surface area contributed by atoms with Gasteiger partial charge in [-0.3, -0.25) is 4.79 Å². The molecule has 0 aliphatic heterocycles. The maximum atomic E-state index is 12.3. The molecule has 0 aliphatic carbocycles. The van der Waals surface area contributed by atoms with Gasteiger partial charge in [-0.25, -0.2) is 5.43 Å². The van der Waals surface area contributed by atoms with E-state index in [4.69, 9.17) is 4.74 Å². The second-order valence-corrected chi connectivity index (χ2v) is 6.47. The zero-order valence-electron chi connectivity index (χ0n) is 15.6. The van der Waals surface area contributed by atoms with E-state index in [9.17, 15) is 4.79 Å². The summed E-state index contributed by atoms with van der Waals surface area (Å²) in [5.41, 5.74) is 5.68. The SMILES string of the molecule is COc1ccccc1/C=N/NC(=O)CCn1c2ccccc2c2ccccc21. The lowest BCUT2D eigenvalue weighted by Crippen LogP contribution is -2.19. The second kappa shape index (κ2) is 7.96. The van der Waals surface area contributed by atoms with Crippen molar-refractivity contribution >= 4 is 33.9 Å². The van der Waals surface area contributed by atoms with Crippen LogP contribution < -0.4 is 10.2 Å². The van der Waals surface area contributed by atoms with Crippen molar-refractivity contribution < 1.29 is 9.53 Å². The van der Waals surface area contributed by atoms with E-state index in [0.29, 0.717) is 18.7 Å². The van der Waals surface area contributed by atoms with Crippen molar-refractivity contribution in [1.82, 2.24) is 9.99 Å². The number of aromatic nitrogens is 1. The molecule has 0 saturated carbocycles. The highest BCUT2D eigenvalue weighted by atomic mass is 16.5. The summed E-state index contributed by atoms with van der Waals surface area (Å²) in [5.74, 6) is 0.582. The highest BCUT2D eigenvalue weighted by molar-refractivity contribution is 6.08. The van der Waals surface area contributed by atoms with Crippen LogP contribution in [-0.4, -0.2) is 23.8 Å². The van der Waals surface area contributed by atoms with Crippen LogP contribution in [-0.2, 0) is 11.3 Å². The minimum absolute atomic E-state index is 0.131. The number of nitrogens with zero attached hydrogens (tertiary/aromatic N) is 2. The van der Waals surface area contributed by atoms with E-state index in [0.717, 1.165) is 16.6 Å². The standard InChI is InChI=1S/C23H21N3O2/c1-28-22-13-7-2-8-17(22)16-24-25-23(27)14-15-26-20-11-5-3-9-18(20)19-10-4-6-12-21(19)26/h2-13,16H,14-15H2,1H3,(H,25,27)/b24-16+. The fourth-order valence-electron chi connectivity index (χ4n) is 3.46. The smallest absolute Gasteiger partial charge is 0.241 e. The van der Waals surface area contributed by atoms with E-state index in [2.05, 4.69) is 39.4 Å². The molecule has 0 atom stereocenters. The van der Waals surface area contributed by atoms with Crippen LogP contribution in [0.25, 0.3) is 21.8 Å². The molecular weight excluding hydrogens is 350 g/mol. The number of hydrazone groups is 1. The maximum Gasteiger partial charge on any atom is 0.241 e. The lowest BCUT2D eigenvalue weighted by atomic mass is 10.2. The Morgan fingerprint density at radius 2 is 1.57 bits per heavy atom. The summed E-state index contributed by atoms with van der Waals surface area (Å²) in [5, 5.41) is 6.46. The van der Waals surface area contributed by atoms with Crippen molar-refractivity contribution in [2.24, 2.45) is 5.10 Å². The molecule has 0 unspecified atom stereocenters. The number of para-hydroxylation sites is 3. The van der Waals surface area contributed by atoms with Gasteiger partial charge in [-0.15, -0.1) is 0 Å². The summed E-state index contributed by atoms with van der Waals surface area (Å²) in [4.78, 5) is 12.3. The Morgan fingerprint density at radius 1 is 0.964 bits per heavy atom. The molecule has 0 spiro atoms. The van der Waals surface area contributed by atoms with Crippen molar-refractivity contribution in [2.75, 3.05) is 7.11 Å². The first-order valence-electron chi connectivity index (χ1n) is 9.19. The summed E-state index contributed by atoms with van der Waals surface area (Å²) < 4.78 is 7.46. The van der Waals surface area contributed by atoms with Crippen LogP contribution in [0.5, 0.6) is 5.75 Å². The van der Waals surface area contributed by atoms with Gasteiger partial charge in [-0.1, -0.05) is 48.5 Å². The van der Waals surface area contributed by atoms with Gasteiger partial charge in [-0.2, -0.15) is 5.10 Å². The molecule has 0 saturated heterocycles. The summed E-state index contributed by atoms with van der Waals surface area (Å²) in [6.45, 7) is 0.587. The minimum Gasteiger partial charge on any atom is -0.496 e. The number of aryl methyl sites for hydroxylation is 1. The third kappa shape index (κ3) is 3.47. The number of benzene rings is 3. The average Bonchev–Trinajstić information content (AvgIpc) is 3.06. The van der Waals surface area contributed by atoms with Gasteiger partial charge in [0.2, 0.25) is 5.91 Å². The molecule has 5 heteroatoms. The van der Waals surface area contributed by atoms with E-state index < -0.39 is 0 Å². The average molecular weight is 371 g/mol. The number of fused-ring (bicyclic) bond motifs is 3. The van der Waals surface area contributed by atoms with Crippen molar-refractivity contribution in [1.29, 1.82) is 0 Å². The van der Waals surface area contributed by atoms with Crippen molar-refractivity contribution in [3.63, 3.8) is 0 Å². The fourth-order valence-corrected chi connectivity index (χ4v) is 3.46. The molecule has 0 bridgehead atoms. The molecule has 0 radical (unpaired) electrons. The van der Waals surface area contributed by atoms with E-state index in [-0.39, 0.29) is 5.91 Å². The van der Waals surface area contributed by atoms with Crippen LogP contribution in [0.1, 0.15) is 12.0 Å². The fraction of sp³-hybridized carbons (Fsp3) is 0.130. The van der Waals surface area contributed by atoms with E-state index in [1.54, 1.807) is 13.3 Å². The molecule has 1 aromatic heterocycles. The molecule has 28 heavy (non-hydrogen) atoms. The Hall–Kier alpha value is -3.60. The van der Waals surface area contributed by atoms with Gasteiger partial charge >= 0.3 is 0 Å². The van der Waals surface area contributed by atoms with Crippen LogP contribution in [0, 0.1) is 0 Å². The molecule has 0 aliphatic rings. The highest BCUT2D eigenvalue weighted by Gasteiger charge is 2.10. The molecule has 3 aromatic carbocycles. The quantitative estimate of drug-likeness (QED) is 0.405. The number of nitrogens with one attached hydrogen (secondary N) is 1. The van der Waals surface area contributed by atoms with E-state index in [1.165, 1.54) is 10.8 Å². The van der Waals surface area contributed by atoms with Gasteiger partial charge in [0.05, 0.1) is 13.3 Å². The molecule has 140 valence electrons. The molecular formula is C23H21N3O2. The number of methoxy groups -OCH3 is 1. The van der Waals surface area contributed by atoms with Crippen LogP contribution in [0.3, 0.4) is 0 Å². The second-order valence-electron chi connectivity index (χ2n) is 6.47. The van der Waals surface area contributed by atoms with Gasteiger partial charge < -0.3 is 9.30 Å². The Morgan fingerprint density at radius 3 is 2.25 bits per heavy atom. The van der Waals surface area contributed by atoms with Crippen LogP contribution in [0.15, 0.2) is 77.9 Å². The Bertz CT molecular complexity index is 1110. The van der Waals surface area contributed by atoms with Gasteiger partial charge in [-0.05, 0) is 24.3 Å². The zero-order chi connectivity index (χ0) is 19.3. The summed E-state index contributed by atoms with van der Waals surface area (Å²) in [7, 11) is 1.61. The van der Waals surface area contributed by atoms with Crippen molar-refractivity contribution in [3.05, 3.63) is 78.4 Å². The molecule has 4 rings (SSSR count).